The maximum atomic E-state index is 13.7. The number of benzene rings is 1. The van der Waals surface area contributed by atoms with Crippen LogP contribution in [-0.2, 0) is 0 Å². The molecule has 0 spiro atoms. The van der Waals surface area contributed by atoms with E-state index in [2.05, 4.69) is 0 Å². The first kappa shape index (κ1) is 13.4. The fourth-order valence-corrected chi connectivity index (χ4v) is 1.96. The molecule has 0 aliphatic carbocycles. The number of hydrogen-bond donors (Lipinski definition) is 2. The largest absolute Gasteiger partial charge is 0.388 e. The van der Waals surface area contributed by atoms with E-state index in [9.17, 15) is 9.50 Å². The second kappa shape index (κ2) is 6.18. The van der Waals surface area contributed by atoms with E-state index >= 15 is 0 Å². The number of aliphatic hydroxyl groups excluding tert-OH is 1. The third-order valence-electron chi connectivity index (χ3n) is 2.71. The van der Waals surface area contributed by atoms with Crippen LogP contribution < -0.4 is 5.73 Å². The number of aliphatic hydroxyl groups is 1. The Morgan fingerprint density at radius 2 is 2.19 bits per heavy atom. The average Bonchev–Trinajstić information content (AvgIpc) is 2.29. The SMILES string of the molecule is CCCC(CN)C(O)c1cccc(Cl)c1F. The molecular weight excluding hydrogens is 229 g/mol. The molecule has 0 amide bonds. The lowest BCUT2D eigenvalue weighted by Crippen LogP contribution is -2.22. The van der Waals surface area contributed by atoms with Gasteiger partial charge in [0.15, 0.2) is 0 Å². The predicted molar refractivity (Wildman–Crippen MR) is 63.8 cm³/mol. The molecule has 0 aliphatic rings. The van der Waals surface area contributed by atoms with Crippen molar-refractivity contribution in [2.45, 2.75) is 25.9 Å². The van der Waals surface area contributed by atoms with E-state index < -0.39 is 11.9 Å². The van der Waals surface area contributed by atoms with E-state index in [4.69, 9.17) is 17.3 Å². The molecule has 0 saturated carbocycles. The number of rotatable bonds is 5. The van der Waals surface area contributed by atoms with Crippen molar-refractivity contribution in [1.82, 2.24) is 0 Å². The molecule has 0 saturated heterocycles. The molecule has 0 heterocycles. The Hall–Kier alpha value is -0.640. The Labute approximate surface area is 100 Å². The molecular formula is C12H17ClFNO. The molecule has 0 bridgehead atoms. The highest BCUT2D eigenvalue weighted by molar-refractivity contribution is 6.30. The van der Waals surface area contributed by atoms with E-state index in [1.54, 1.807) is 12.1 Å². The van der Waals surface area contributed by atoms with E-state index in [0.717, 1.165) is 12.8 Å². The van der Waals surface area contributed by atoms with Crippen LogP contribution in [0.3, 0.4) is 0 Å². The second-order valence-corrected chi connectivity index (χ2v) is 4.28. The number of nitrogens with two attached hydrogens (primary N) is 1. The van der Waals surface area contributed by atoms with Crippen LogP contribution in [0.4, 0.5) is 4.39 Å². The van der Waals surface area contributed by atoms with Crippen LogP contribution >= 0.6 is 11.6 Å². The minimum absolute atomic E-state index is 0.0313. The molecule has 0 fully saturated rings. The van der Waals surface area contributed by atoms with Gasteiger partial charge in [-0.05, 0) is 19.0 Å². The van der Waals surface area contributed by atoms with E-state index in [0.29, 0.717) is 6.54 Å². The van der Waals surface area contributed by atoms with Crippen molar-refractivity contribution in [2.24, 2.45) is 11.7 Å². The Morgan fingerprint density at radius 3 is 2.75 bits per heavy atom. The van der Waals surface area contributed by atoms with Crippen molar-refractivity contribution in [3.05, 3.63) is 34.6 Å². The van der Waals surface area contributed by atoms with Crippen LogP contribution in [0.2, 0.25) is 5.02 Å². The first-order valence-electron chi connectivity index (χ1n) is 5.43. The second-order valence-electron chi connectivity index (χ2n) is 3.87. The van der Waals surface area contributed by atoms with Gasteiger partial charge in [-0.25, -0.2) is 4.39 Å². The first-order chi connectivity index (χ1) is 7.61. The summed E-state index contributed by atoms with van der Waals surface area (Å²) >= 11 is 5.67. The lowest BCUT2D eigenvalue weighted by Gasteiger charge is -2.21. The maximum Gasteiger partial charge on any atom is 0.147 e. The van der Waals surface area contributed by atoms with E-state index in [-0.39, 0.29) is 16.5 Å². The summed E-state index contributed by atoms with van der Waals surface area (Å²) in [6.07, 6.45) is 0.786. The molecule has 0 aromatic heterocycles. The van der Waals surface area contributed by atoms with Gasteiger partial charge in [-0.3, -0.25) is 0 Å². The Balaban J connectivity index is 2.94. The van der Waals surface area contributed by atoms with Crippen LogP contribution in [-0.4, -0.2) is 11.7 Å². The van der Waals surface area contributed by atoms with Crippen LogP contribution in [0.1, 0.15) is 31.4 Å². The van der Waals surface area contributed by atoms with Crippen LogP contribution in [0, 0.1) is 11.7 Å². The van der Waals surface area contributed by atoms with Gasteiger partial charge in [0.05, 0.1) is 11.1 Å². The first-order valence-corrected chi connectivity index (χ1v) is 5.81. The average molecular weight is 246 g/mol. The zero-order valence-corrected chi connectivity index (χ0v) is 10.0. The van der Waals surface area contributed by atoms with Crippen molar-refractivity contribution in [3.8, 4) is 0 Å². The van der Waals surface area contributed by atoms with Crippen molar-refractivity contribution in [2.75, 3.05) is 6.54 Å². The molecule has 2 atom stereocenters. The normalized spacial score (nSPS) is 14.8. The van der Waals surface area contributed by atoms with Crippen molar-refractivity contribution in [1.29, 1.82) is 0 Å². The topological polar surface area (TPSA) is 46.2 Å². The number of halogens is 2. The van der Waals surface area contributed by atoms with Gasteiger partial charge in [0.1, 0.15) is 5.82 Å². The van der Waals surface area contributed by atoms with Crippen LogP contribution in [0.25, 0.3) is 0 Å². The van der Waals surface area contributed by atoms with E-state index in [1.165, 1.54) is 6.07 Å². The molecule has 90 valence electrons. The Morgan fingerprint density at radius 1 is 1.50 bits per heavy atom. The summed E-state index contributed by atoms with van der Waals surface area (Å²) in [7, 11) is 0. The minimum atomic E-state index is -0.886. The lowest BCUT2D eigenvalue weighted by atomic mass is 9.92. The molecule has 0 radical (unpaired) electrons. The summed E-state index contributed by atoms with van der Waals surface area (Å²) in [6, 6.07) is 4.64. The zero-order chi connectivity index (χ0) is 12.1. The zero-order valence-electron chi connectivity index (χ0n) is 9.29. The van der Waals surface area contributed by atoms with E-state index in [1.807, 2.05) is 6.92 Å². The van der Waals surface area contributed by atoms with Crippen LogP contribution in [0.15, 0.2) is 18.2 Å². The monoisotopic (exact) mass is 245 g/mol. The highest BCUT2D eigenvalue weighted by Crippen LogP contribution is 2.29. The summed E-state index contributed by atoms with van der Waals surface area (Å²) < 4.78 is 13.7. The van der Waals surface area contributed by atoms with Gasteiger partial charge >= 0.3 is 0 Å². The van der Waals surface area contributed by atoms with Gasteiger partial charge in [0, 0.05) is 11.5 Å². The summed E-state index contributed by atoms with van der Waals surface area (Å²) in [4.78, 5) is 0. The molecule has 1 aromatic rings. The highest BCUT2D eigenvalue weighted by atomic mass is 35.5. The third-order valence-corrected chi connectivity index (χ3v) is 3.00. The Kier molecular flexibility index (Phi) is 5.19. The summed E-state index contributed by atoms with van der Waals surface area (Å²) in [5, 5.41) is 10.1. The lowest BCUT2D eigenvalue weighted by molar-refractivity contribution is 0.103. The van der Waals surface area contributed by atoms with Gasteiger partial charge in [-0.15, -0.1) is 0 Å². The van der Waals surface area contributed by atoms with Crippen molar-refractivity contribution >= 4 is 11.6 Å². The molecule has 2 nitrogen and oxygen atoms in total. The molecule has 1 aromatic carbocycles. The van der Waals surface area contributed by atoms with Gasteiger partial charge in [-0.1, -0.05) is 37.1 Å². The van der Waals surface area contributed by atoms with Gasteiger partial charge in [0.25, 0.3) is 0 Å². The smallest absolute Gasteiger partial charge is 0.147 e. The quantitative estimate of drug-likeness (QED) is 0.838. The molecule has 0 aliphatic heterocycles. The number of hydrogen-bond acceptors (Lipinski definition) is 2. The predicted octanol–water partition coefficient (Wildman–Crippen LogP) is 2.89. The minimum Gasteiger partial charge on any atom is -0.388 e. The summed E-state index contributed by atoms with van der Waals surface area (Å²) in [5.74, 6) is -0.677. The molecule has 16 heavy (non-hydrogen) atoms. The maximum absolute atomic E-state index is 13.7. The molecule has 2 unspecified atom stereocenters. The third kappa shape index (κ3) is 2.94. The van der Waals surface area contributed by atoms with Gasteiger partial charge in [0.2, 0.25) is 0 Å². The Bertz CT molecular complexity index is 346. The molecule has 4 heteroatoms. The summed E-state index contributed by atoms with van der Waals surface area (Å²) in [5.41, 5.74) is 5.80. The summed E-state index contributed by atoms with van der Waals surface area (Å²) in [6.45, 7) is 2.34. The fraction of sp³-hybridized carbons (Fsp3) is 0.500. The standard InChI is InChI=1S/C12H17ClFNO/c1-2-4-8(7-15)12(16)9-5-3-6-10(13)11(9)14/h3,5-6,8,12,16H,2,4,7,15H2,1H3. The highest BCUT2D eigenvalue weighted by Gasteiger charge is 2.22. The van der Waals surface area contributed by atoms with Gasteiger partial charge < -0.3 is 10.8 Å². The van der Waals surface area contributed by atoms with Gasteiger partial charge in [-0.2, -0.15) is 0 Å². The fourth-order valence-electron chi connectivity index (χ4n) is 1.78. The van der Waals surface area contributed by atoms with Crippen molar-refractivity contribution < 1.29 is 9.50 Å². The molecule has 3 N–H and O–H groups in total. The van der Waals surface area contributed by atoms with Crippen molar-refractivity contribution in [3.63, 3.8) is 0 Å². The molecule has 1 rings (SSSR count). The van der Waals surface area contributed by atoms with Crippen LogP contribution in [0.5, 0.6) is 0 Å².